The molecule has 5 heteroatoms. The maximum Gasteiger partial charge on any atom is 0.0701 e. The fourth-order valence-corrected chi connectivity index (χ4v) is 3.85. The van der Waals surface area contributed by atoms with Crippen molar-refractivity contribution in [1.82, 2.24) is 5.32 Å². The Balaban J connectivity index is 1.63. The minimum absolute atomic E-state index is 0.626. The molecule has 29 heavy (non-hydrogen) atoms. The zero-order valence-corrected chi connectivity index (χ0v) is 16.9. The zero-order valence-electron chi connectivity index (χ0n) is 16.9. The van der Waals surface area contributed by atoms with Crippen LogP contribution in [0.15, 0.2) is 54.6 Å². The lowest BCUT2D eigenvalue weighted by Gasteiger charge is -2.28. The highest BCUT2D eigenvalue weighted by atomic mass is 16.5. The van der Waals surface area contributed by atoms with Gasteiger partial charge in [-0.1, -0.05) is 48.5 Å². The average molecular weight is 395 g/mol. The molecule has 1 aliphatic rings. The second kappa shape index (κ2) is 10.6. The van der Waals surface area contributed by atoms with E-state index in [1.165, 1.54) is 27.2 Å². The van der Waals surface area contributed by atoms with Crippen LogP contribution in [0.5, 0.6) is 0 Å². The Kier molecular flexibility index (Phi) is 7.32. The quantitative estimate of drug-likeness (QED) is 0.641. The Bertz CT molecular complexity index is 845. The monoisotopic (exact) mass is 394 g/mol. The zero-order chi connectivity index (χ0) is 19.7. The fraction of sp³-hybridized carbons (Fsp3) is 0.417. The highest BCUT2D eigenvalue weighted by molar-refractivity contribution is 6.11. The van der Waals surface area contributed by atoms with Gasteiger partial charge in [-0.15, -0.1) is 0 Å². The maximum atomic E-state index is 5.90. The largest absolute Gasteiger partial charge is 0.378 e. The Labute approximate surface area is 172 Å². The summed E-state index contributed by atoms with van der Waals surface area (Å²) >= 11 is 0. The summed E-state index contributed by atoms with van der Waals surface area (Å²) in [5.41, 5.74) is 1.27. The molecule has 0 saturated carbocycles. The third-order valence-electron chi connectivity index (χ3n) is 5.29. The van der Waals surface area contributed by atoms with Crippen molar-refractivity contribution < 1.29 is 14.2 Å². The molecule has 3 aromatic rings. The van der Waals surface area contributed by atoms with Gasteiger partial charge >= 0.3 is 0 Å². The van der Waals surface area contributed by atoms with Crippen LogP contribution in [0.1, 0.15) is 0 Å². The number of nitrogens with zero attached hydrogens (tertiary/aromatic N) is 1. The number of fused-ring (bicyclic) bond motifs is 2. The number of benzene rings is 3. The molecule has 0 spiro atoms. The first-order chi connectivity index (χ1) is 14.4. The van der Waals surface area contributed by atoms with Gasteiger partial charge in [-0.3, -0.25) is 0 Å². The van der Waals surface area contributed by atoms with Gasteiger partial charge in [-0.2, -0.15) is 0 Å². The molecular weight excluding hydrogens is 364 g/mol. The van der Waals surface area contributed by atoms with Crippen molar-refractivity contribution in [2.24, 2.45) is 0 Å². The molecule has 1 heterocycles. The van der Waals surface area contributed by atoms with E-state index in [0.29, 0.717) is 39.6 Å². The van der Waals surface area contributed by atoms with E-state index in [4.69, 9.17) is 14.2 Å². The molecule has 4 rings (SSSR count). The van der Waals surface area contributed by atoms with Crippen LogP contribution in [-0.4, -0.2) is 65.8 Å². The second-order valence-corrected chi connectivity index (χ2v) is 7.24. The number of rotatable bonds is 1. The van der Waals surface area contributed by atoms with E-state index in [0.717, 1.165) is 26.2 Å². The lowest BCUT2D eigenvalue weighted by molar-refractivity contribution is 0.0516. The van der Waals surface area contributed by atoms with Crippen molar-refractivity contribution in [2.75, 3.05) is 70.7 Å². The van der Waals surface area contributed by atoms with Gasteiger partial charge in [0.05, 0.1) is 45.3 Å². The number of ether oxygens (including phenoxy) is 3. The molecule has 1 N–H and O–H groups in total. The first kappa shape index (κ1) is 20.1. The average Bonchev–Trinajstić information content (AvgIpc) is 2.77. The highest BCUT2D eigenvalue weighted by Gasteiger charge is 2.15. The summed E-state index contributed by atoms with van der Waals surface area (Å²) in [6.07, 6.45) is 0. The van der Waals surface area contributed by atoms with Crippen molar-refractivity contribution in [1.29, 1.82) is 0 Å². The molecule has 3 aromatic carbocycles. The van der Waals surface area contributed by atoms with Gasteiger partial charge in [0.25, 0.3) is 0 Å². The van der Waals surface area contributed by atoms with E-state index in [2.05, 4.69) is 64.8 Å². The summed E-state index contributed by atoms with van der Waals surface area (Å²) in [4.78, 5) is 2.42. The lowest BCUT2D eigenvalue weighted by Crippen LogP contribution is -2.32. The van der Waals surface area contributed by atoms with Crippen LogP contribution in [0.25, 0.3) is 21.5 Å². The summed E-state index contributed by atoms with van der Waals surface area (Å²) in [5, 5.41) is 8.41. The SMILES string of the molecule is c1ccc2c(N3CCOCCNCCOCCOCC3)c3ccccc3cc2c1. The number of hydrogen-bond acceptors (Lipinski definition) is 5. The summed E-state index contributed by atoms with van der Waals surface area (Å²) in [7, 11) is 0. The fourth-order valence-electron chi connectivity index (χ4n) is 3.85. The van der Waals surface area contributed by atoms with E-state index < -0.39 is 0 Å². The van der Waals surface area contributed by atoms with Gasteiger partial charge in [0, 0.05) is 37.0 Å². The first-order valence-corrected chi connectivity index (χ1v) is 10.5. The van der Waals surface area contributed by atoms with Gasteiger partial charge in [0.2, 0.25) is 0 Å². The molecule has 5 nitrogen and oxygen atoms in total. The molecule has 1 saturated heterocycles. The molecule has 0 atom stereocenters. The topological polar surface area (TPSA) is 43.0 Å². The van der Waals surface area contributed by atoms with Gasteiger partial charge in [-0.05, 0) is 16.8 Å². The van der Waals surface area contributed by atoms with Crippen molar-refractivity contribution >= 4 is 27.2 Å². The summed E-state index contributed by atoms with van der Waals surface area (Å²) in [6.45, 7) is 7.37. The third-order valence-corrected chi connectivity index (χ3v) is 5.29. The van der Waals surface area contributed by atoms with Crippen molar-refractivity contribution in [3.63, 3.8) is 0 Å². The van der Waals surface area contributed by atoms with Crippen LogP contribution in [0, 0.1) is 0 Å². The standard InChI is InChI=1S/C24H30N2O3/c1-3-7-22-20(5-1)19-21-6-2-4-8-23(21)24(22)26-11-15-27-13-9-25-10-14-28-17-18-29-16-12-26/h1-8,19,25H,9-18H2. The van der Waals surface area contributed by atoms with Crippen molar-refractivity contribution in [3.8, 4) is 0 Å². The second-order valence-electron chi connectivity index (χ2n) is 7.24. The normalized spacial score (nSPS) is 18.4. The van der Waals surface area contributed by atoms with E-state index in [1.807, 2.05) is 0 Å². The molecule has 0 unspecified atom stereocenters. The Morgan fingerprint density at radius 3 is 1.76 bits per heavy atom. The van der Waals surface area contributed by atoms with Gasteiger partial charge < -0.3 is 24.4 Å². The van der Waals surface area contributed by atoms with Gasteiger partial charge in [0.15, 0.2) is 0 Å². The molecule has 1 fully saturated rings. The predicted molar refractivity (Wildman–Crippen MR) is 119 cm³/mol. The smallest absolute Gasteiger partial charge is 0.0701 e. The Hall–Kier alpha value is -2.18. The van der Waals surface area contributed by atoms with E-state index in [1.54, 1.807) is 0 Å². The number of nitrogens with one attached hydrogen (secondary N) is 1. The lowest BCUT2D eigenvalue weighted by atomic mass is 10.00. The maximum absolute atomic E-state index is 5.90. The molecule has 0 amide bonds. The van der Waals surface area contributed by atoms with Crippen LogP contribution in [-0.2, 0) is 14.2 Å². The third kappa shape index (κ3) is 5.25. The Morgan fingerprint density at radius 1 is 0.621 bits per heavy atom. The molecule has 0 aromatic heterocycles. The molecule has 1 aliphatic heterocycles. The van der Waals surface area contributed by atoms with Crippen LogP contribution in [0.3, 0.4) is 0 Å². The molecule has 0 radical (unpaired) electrons. The van der Waals surface area contributed by atoms with E-state index >= 15 is 0 Å². The highest BCUT2D eigenvalue weighted by Crippen LogP contribution is 2.35. The van der Waals surface area contributed by atoms with Crippen molar-refractivity contribution in [3.05, 3.63) is 54.6 Å². The van der Waals surface area contributed by atoms with Crippen LogP contribution >= 0.6 is 0 Å². The van der Waals surface area contributed by atoms with Gasteiger partial charge in [0.1, 0.15) is 0 Å². The van der Waals surface area contributed by atoms with Crippen LogP contribution < -0.4 is 10.2 Å². The number of anilines is 1. The summed E-state index contributed by atoms with van der Waals surface area (Å²) in [6, 6.07) is 19.5. The minimum atomic E-state index is 0.626. The van der Waals surface area contributed by atoms with Crippen LogP contribution in [0.4, 0.5) is 5.69 Å². The molecule has 154 valence electrons. The van der Waals surface area contributed by atoms with Crippen molar-refractivity contribution in [2.45, 2.75) is 0 Å². The molecule has 0 bridgehead atoms. The van der Waals surface area contributed by atoms with Gasteiger partial charge in [-0.25, -0.2) is 0 Å². The predicted octanol–water partition coefficient (Wildman–Crippen LogP) is 3.45. The summed E-state index contributed by atoms with van der Waals surface area (Å²) < 4.78 is 17.4. The van der Waals surface area contributed by atoms with Crippen LogP contribution in [0.2, 0.25) is 0 Å². The molecular formula is C24H30N2O3. The Morgan fingerprint density at radius 2 is 1.14 bits per heavy atom. The number of hydrogen-bond donors (Lipinski definition) is 1. The minimum Gasteiger partial charge on any atom is -0.378 e. The van der Waals surface area contributed by atoms with E-state index in [-0.39, 0.29) is 0 Å². The molecule has 0 aliphatic carbocycles. The van der Waals surface area contributed by atoms with E-state index in [9.17, 15) is 0 Å². The first-order valence-electron chi connectivity index (χ1n) is 10.5. The summed E-state index contributed by atoms with van der Waals surface area (Å²) in [5.74, 6) is 0.